The Bertz CT molecular complexity index is 451. The van der Waals surface area contributed by atoms with E-state index in [-0.39, 0.29) is 6.04 Å². The standard InChI is InChI=1S/C11H10Cl2N2O/c12-8-4-7(5-9(13)6-8)11(15-14)10-2-1-3-16-10/h1-6,11,15H,14H2. The molecule has 0 saturated heterocycles. The minimum atomic E-state index is -0.258. The Morgan fingerprint density at radius 1 is 1.19 bits per heavy atom. The number of halogens is 2. The third kappa shape index (κ3) is 2.39. The first-order chi connectivity index (χ1) is 7.70. The van der Waals surface area contributed by atoms with Gasteiger partial charge in [0.1, 0.15) is 11.8 Å². The first-order valence-corrected chi connectivity index (χ1v) is 5.42. The molecule has 0 aliphatic rings. The van der Waals surface area contributed by atoms with Gasteiger partial charge in [-0.2, -0.15) is 0 Å². The highest BCUT2D eigenvalue weighted by atomic mass is 35.5. The van der Waals surface area contributed by atoms with Gasteiger partial charge < -0.3 is 4.42 Å². The summed E-state index contributed by atoms with van der Waals surface area (Å²) in [5.74, 6) is 6.21. The van der Waals surface area contributed by atoms with Crippen molar-refractivity contribution in [1.82, 2.24) is 5.43 Å². The topological polar surface area (TPSA) is 51.2 Å². The molecule has 0 amide bonds. The van der Waals surface area contributed by atoms with Crippen molar-refractivity contribution in [2.75, 3.05) is 0 Å². The van der Waals surface area contributed by atoms with E-state index in [1.165, 1.54) is 0 Å². The van der Waals surface area contributed by atoms with Gasteiger partial charge in [-0.3, -0.25) is 5.84 Å². The summed E-state index contributed by atoms with van der Waals surface area (Å²) in [7, 11) is 0. The Morgan fingerprint density at radius 2 is 1.88 bits per heavy atom. The molecule has 3 nitrogen and oxygen atoms in total. The van der Waals surface area contributed by atoms with Crippen LogP contribution in [0.4, 0.5) is 0 Å². The van der Waals surface area contributed by atoms with Crippen LogP contribution in [0.3, 0.4) is 0 Å². The molecule has 3 N–H and O–H groups in total. The number of furan rings is 1. The van der Waals surface area contributed by atoms with Gasteiger partial charge in [0.05, 0.1) is 6.26 Å². The molecule has 2 aromatic rings. The molecule has 0 radical (unpaired) electrons. The van der Waals surface area contributed by atoms with Gasteiger partial charge in [-0.1, -0.05) is 23.2 Å². The summed E-state index contributed by atoms with van der Waals surface area (Å²) < 4.78 is 5.29. The molecule has 1 aromatic heterocycles. The predicted molar refractivity (Wildman–Crippen MR) is 64.3 cm³/mol. The first kappa shape index (κ1) is 11.5. The number of nitrogens with two attached hydrogens (primary N) is 1. The van der Waals surface area contributed by atoms with Crippen molar-refractivity contribution in [1.29, 1.82) is 0 Å². The monoisotopic (exact) mass is 256 g/mol. The summed E-state index contributed by atoms with van der Waals surface area (Å²) in [5.41, 5.74) is 3.52. The zero-order valence-corrected chi connectivity index (χ0v) is 9.79. The number of hydrogen-bond acceptors (Lipinski definition) is 3. The maximum Gasteiger partial charge on any atom is 0.126 e. The molecule has 2 rings (SSSR count). The average Bonchev–Trinajstić information content (AvgIpc) is 2.70. The highest BCUT2D eigenvalue weighted by molar-refractivity contribution is 6.34. The SMILES string of the molecule is NNC(c1cc(Cl)cc(Cl)c1)c1ccco1. The number of rotatable bonds is 3. The molecule has 1 aromatic carbocycles. The van der Waals surface area contributed by atoms with Crippen LogP contribution < -0.4 is 11.3 Å². The smallest absolute Gasteiger partial charge is 0.126 e. The molecule has 0 saturated carbocycles. The Hall–Kier alpha value is -1.00. The fraction of sp³-hybridized carbons (Fsp3) is 0.0909. The summed E-state index contributed by atoms with van der Waals surface area (Å²) in [6.07, 6.45) is 1.59. The Morgan fingerprint density at radius 3 is 2.38 bits per heavy atom. The van der Waals surface area contributed by atoms with Crippen molar-refractivity contribution in [2.24, 2.45) is 5.84 Å². The maximum atomic E-state index is 5.93. The van der Waals surface area contributed by atoms with Crippen LogP contribution in [-0.2, 0) is 0 Å². The lowest BCUT2D eigenvalue weighted by Crippen LogP contribution is -2.28. The lowest BCUT2D eigenvalue weighted by molar-refractivity contribution is 0.452. The molecule has 0 aliphatic carbocycles. The van der Waals surface area contributed by atoms with E-state index < -0.39 is 0 Å². The summed E-state index contributed by atoms with van der Waals surface area (Å²) in [6, 6.07) is 8.63. The molecule has 0 bridgehead atoms. The van der Waals surface area contributed by atoms with Crippen molar-refractivity contribution in [2.45, 2.75) is 6.04 Å². The molecule has 1 atom stereocenters. The van der Waals surface area contributed by atoms with Crippen LogP contribution in [0.1, 0.15) is 17.4 Å². The minimum absolute atomic E-state index is 0.258. The highest BCUT2D eigenvalue weighted by Crippen LogP contribution is 2.27. The van der Waals surface area contributed by atoms with Gasteiger partial charge in [-0.05, 0) is 35.9 Å². The van der Waals surface area contributed by atoms with Crippen LogP contribution in [0.25, 0.3) is 0 Å². The van der Waals surface area contributed by atoms with Crippen molar-refractivity contribution >= 4 is 23.2 Å². The fourth-order valence-corrected chi connectivity index (χ4v) is 2.08. The van der Waals surface area contributed by atoms with Crippen molar-refractivity contribution in [3.8, 4) is 0 Å². The van der Waals surface area contributed by atoms with E-state index in [0.717, 1.165) is 5.56 Å². The second kappa shape index (κ2) is 4.89. The van der Waals surface area contributed by atoms with E-state index in [2.05, 4.69) is 5.43 Å². The molecule has 0 aliphatic heterocycles. The van der Waals surface area contributed by atoms with Gasteiger partial charge in [0.2, 0.25) is 0 Å². The first-order valence-electron chi connectivity index (χ1n) is 4.66. The molecule has 5 heteroatoms. The third-order valence-electron chi connectivity index (χ3n) is 2.21. The average molecular weight is 257 g/mol. The molecule has 0 fully saturated rings. The summed E-state index contributed by atoms with van der Waals surface area (Å²) in [4.78, 5) is 0. The molecular formula is C11H10Cl2N2O. The largest absolute Gasteiger partial charge is 0.467 e. The number of hydrazine groups is 1. The second-order valence-electron chi connectivity index (χ2n) is 3.32. The number of benzene rings is 1. The summed E-state index contributed by atoms with van der Waals surface area (Å²) in [6.45, 7) is 0. The minimum Gasteiger partial charge on any atom is -0.467 e. The van der Waals surface area contributed by atoms with Gasteiger partial charge in [0.25, 0.3) is 0 Å². The van der Waals surface area contributed by atoms with Gasteiger partial charge in [-0.15, -0.1) is 0 Å². The molecule has 84 valence electrons. The van der Waals surface area contributed by atoms with Crippen molar-refractivity contribution in [3.05, 3.63) is 58.0 Å². The van der Waals surface area contributed by atoms with Crippen LogP contribution in [0.15, 0.2) is 41.0 Å². The zero-order valence-electron chi connectivity index (χ0n) is 8.28. The number of hydrogen-bond donors (Lipinski definition) is 2. The second-order valence-corrected chi connectivity index (χ2v) is 4.19. The van der Waals surface area contributed by atoms with Crippen LogP contribution in [0, 0.1) is 0 Å². The predicted octanol–water partition coefficient (Wildman–Crippen LogP) is 3.14. The van der Waals surface area contributed by atoms with Gasteiger partial charge >= 0.3 is 0 Å². The fourth-order valence-electron chi connectivity index (χ4n) is 1.54. The van der Waals surface area contributed by atoms with E-state index in [1.807, 2.05) is 6.07 Å². The summed E-state index contributed by atoms with van der Waals surface area (Å²) in [5, 5.41) is 1.13. The van der Waals surface area contributed by atoms with Crippen molar-refractivity contribution in [3.63, 3.8) is 0 Å². The lowest BCUT2D eigenvalue weighted by atomic mass is 10.1. The van der Waals surface area contributed by atoms with Gasteiger partial charge in [0.15, 0.2) is 0 Å². The quantitative estimate of drug-likeness (QED) is 0.656. The van der Waals surface area contributed by atoms with E-state index in [9.17, 15) is 0 Å². The molecule has 1 unspecified atom stereocenters. The normalized spacial score (nSPS) is 12.7. The Balaban J connectivity index is 2.41. The third-order valence-corrected chi connectivity index (χ3v) is 2.65. The van der Waals surface area contributed by atoms with E-state index >= 15 is 0 Å². The lowest BCUT2D eigenvalue weighted by Gasteiger charge is -2.14. The Labute approximate surface area is 103 Å². The van der Waals surface area contributed by atoms with Crippen LogP contribution in [-0.4, -0.2) is 0 Å². The molecular weight excluding hydrogens is 247 g/mol. The molecule has 1 heterocycles. The zero-order chi connectivity index (χ0) is 11.5. The van der Waals surface area contributed by atoms with Crippen LogP contribution in [0.5, 0.6) is 0 Å². The van der Waals surface area contributed by atoms with Crippen molar-refractivity contribution < 1.29 is 4.42 Å². The van der Waals surface area contributed by atoms with Gasteiger partial charge in [0, 0.05) is 10.0 Å². The molecule has 16 heavy (non-hydrogen) atoms. The van der Waals surface area contributed by atoms with E-state index in [0.29, 0.717) is 15.8 Å². The Kier molecular flexibility index (Phi) is 3.51. The van der Waals surface area contributed by atoms with Crippen LogP contribution in [0.2, 0.25) is 10.0 Å². The van der Waals surface area contributed by atoms with E-state index in [1.54, 1.807) is 30.5 Å². The van der Waals surface area contributed by atoms with E-state index in [4.69, 9.17) is 33.5 Å². The van der Waals surface area contributed by atoms with Crippen LogP contribution >= 0.6 is 23.2 Å². The number of nitrogens with one attached hydrogen (secondary N) is 1. The maximum absolute atomic E-state index is 5.93. The molecule has 0 spiro atoms. The van der Waals surface area contributed by atoms with Gasteiger partial charge in [-0.25, -0.2) is 5.43 Å². The summed E-state index contributed by atoms with van der Waals surface area (Å²) >= 11 is 11.9. The highest BCUT2D eigenvalue weighted by Gasteiger charge is 2.15.